The maximum absolute atomic E-state index is 11.6. The number of hydrogen-bond acceptors (Lipinski definition) is 7. The van der Waals surface area contributed by atoms with Crippen LogP contribution in [0.25, 0.3) is 6.08 Å². The summed E-state index contributed by atoms with van der Waals surface area (Å²) in [6, 6.07) is 1.67. The highest BCUT2D eigenvalue weighted by Crippen LogP contribution is 2.26. The molecular formula is C14H15N5O3S. The summed E-state index contributed by atoms with van der Waals surface area (Å²) in [6.45, 7) is 1.31. The molecule has 0 bridgehead atoms. The molecule has 2 aliphatic rings. The quantitative estimate of drug-likeness (QED) is 0.773. The van der Waals surface area contributed by atoms with Crippen LogP contribution in [0.5, 0.6) is 0 Å². The van der Waals surface area contributed by atoms with Crippen molar-refractivity contribution < 1.29 is 14.4 Å². The summed E-state index contributed by atoms with van der Waals surface area (Å²) in [5.74, 6) is -0.237. The number of nitrogens with zero attached hydrogens (tertiary/aromatic N) is 3. The number of thioether (sulfide) groups is 1. The third-order valence-corrected chi connectivity index (χ3v) is 4.58. The summed E-state index contributed by atoms with van der Waals surface area (Å²) >= 11 is 0.850. The van der Waals surface area contributed by atoms with Crippen LogP contribution in [0.4, 0.5) is 10.7 Å². The summed E-state index contributed by atoms with van der Waals surface area (Å²) in [6.07, 6.45) is 4.52. The molecule has 3 rings (SSSR count). The molecular weight excluding hydrogens is 318 g/mol. The zero-order valence-corrected chi connectivity index (χ0v) is 13.0. The summed E-state index contributed by atoms with van der Waals surface area (Å²) in [5, 5.41) is 1.81. The van der Waals surface area contributed by atoms with Crippen molar-refractivity contribution in [3.8, 4) is 0 Å². The molecule has 23 heavy (non-hydrogen) atoms. The van der Waals surface area contributed by atoms with Gasteiger partial charge in [-0.15, -0.1) is 0 Å². The van der Waals surface area contributed by atoms with Crippen molar-refractivity contribution in [2.24, 2.45) is 11.7 Å². The zero-order chi connectivity index (χ0) is 16.4. The van der Waals surface area contributed by atoms with Crippen LogP contribution >= 0.6 is 11.8 Å². The Bertz CT molecular complexity index is 697. The van der Waals surface area contributed by atoms with E-state index in [9.17, 15) is 14.4 Å². The molecule has 9 heteroatoms. The van der Waals surface area contributed by atoms with Gasteiger partial charge in [-0.2, -0.15) is 0 Å². The van der Waals surface area contributed by atoms with Crippen LogP contribution in [0.2, 0.25) is 0 Å². The van der Waals surface area contributed by atoms with E-state index in [0.29, 0.717) is 42.5 Å². The fourth-order valence-corrected chi connectivity index (χ4v) is 3.18. The highest BCUT2D eigenvalue weighted by molar-refractivity contribution is 8.18. The van der Waals surface area contributed by atoms with E-state index in [1.54, 1.807) is 18.3 Å². The van der Waals surface area contributed by atoms with E-state index < -0.39 is 5.91 Å². The van der Waals surface area contributed by atoms with Crippen LogP contribution in [0.15, 0.2) is 17.2 Å². The zero-order valence-electron chi connectivity index (χ0n) is 12.2. The van der Waals surface area contributed by atoms with Crippen molar-refractivity contribution in [1.82, 2.24) is 15.3 Å². The largest absolute Gasteiger partial charge is 0.369 e. The predicted molar refractivity (Wildman–Crippen MR) is 85.3 cm³/mol. The van der Waals surface area contributed by atoms with Crippen LogP contribution in [0, 0.1) is 5.92 Å². The molecule has 0 atom stereocenters. The van der Waals surface area contributed by atoms with E-state index in [2.05, 4.69) is 15.3 Å². The Morgan fingerprint density at radius 3 is 2.74 bits per heavy atom. The molecule has 120 valence electrons. The highest BCUT2D eigenvalue weighted by Gasteiger charge is 2.26. The smallest absolute Gasteiger partial charge is 0.290 e. The Hall–Kier alpha value is -2.42. The van der Waals surface area contributed by atoms with E-state index in [-0.39, 0.29) is 17.1 Å². The maximum Gasteiger partial charge on any atom is 0.290 e. The molecule has 0 radical (unpaired) electrons. The maximum atomic E-state index is 11.6. The van der Waals surface area contributed by atoms with Gasteiger partial charge in [0.2, 0.25) is 11.9 Å². The first-order valence-electron chi connectivity index (χ1n) is 7.15. The topological polar surface area (TPSA) is 118 Å². The number of imide groups is 1. The van der Waals surface area contributed by atoms with Crippen molar-refractivity contribution in [1.29, 1.82) is 0 Å². The predicted octanol–water partition coefficient (Wildman–Crippen LogP) is 0.502. The first kappa shape index (κ1) is 15.5. The van der Waals surface area contributed by atoms with Gasteiger partial charge in [-0.25, -0.2) is 9.97 Å². The number of primary amides is 1. The fraction of sp³-hybridized carbons (Fsp3) is 0.357. The number of nitrogens with one attached hydrogen (secondary N) is 1. The van der Waals surface area contributed by atoms with Crippen LogP contribution < -0.4 is 16.0 Å². The van der Waals surface area contributed by atoms with E-state index in [1.165, 1.54) is 0 Å². The molecule has 2 fully saturated rings. The number of piperidine rings is 1. The average Bonchev–Trinajstić information content (AvgIpc) is 2.85. The number of aromatic nitrogens is 2. The molecule has 1 aromatic heterocycles. The summed E-state index contributed by atoms with van der Waals surface area (Å²) in [4.78, 5) is 44.9. The minimum atomic E-state index is -0.414. The van der Waals surface area contributed by atoms with Gasteiger partial charge < -0.3 is 10.6 Å². The van der Waals surface area contributed by atoms with Gasteiger partial charge in [0.25, 0.3) is 11.1 Å². The standard InChI is InChI=1S/C14H15N5O3S/c15-11(20)8-2-5-19(6-3-8)13-16-4-1-9(17-13)7-10-12(21)18-14(22)23-10/h1,4,7-8H,2-3,5-6H2,(H2,15,20)(H,18,21,22)/b10-7+. The summed E-state index contributed by atoms with van der Waals surface area (Å²) < 4.78 is 0. The third-order valence-electron chi connectivity index (χ3n) is 3.77. The number of rotatable bonds is 3. The van der Waals surface area contributed by atoms with E-state index >= 15 is 0 Å². The van der Waals surface area contributed by atoms with Crippen molar-refractivity contribution >= 4 is 40.8 Å². The number of amides is 3. The Balaban J connectivity index is 1.74. The molecule has 8 nitrogen and oxygen atoms in total. The van der Waals surface area contributed by atoms with Crippen LogP contribution in [0.3, 0.4) is 0 Å². The van der Waals surface area contributed by atoms with Crippen LogP contribution in [-0.2, 0) is 9.59 Å². The molecule has 2 saturated heterocycles. The molecule has 1 aromatic rings. The fourth-order valence-electron chi connectivity index (χ4n) is 2.51. The van der Waals surface area contributed by atoms with Crippen molar-refractivity contribution in [3.05, 3.63) is 22.9 Å². The Morgan fingerprint density at radius 1 is 1.39 bits per heavy atom. The Morgan fingerprint density at radius 2 is 2.13 bits per heavy atom. The highest BCUT2D eigenvalue weighted by atomic mass is 32.2. The molecule has 0 unspecified atom stereocenters. The second-order valence-electron chi connectivity index (χ2n) is 5.30. The normalized spacial score (nSPS) is 20.9. The van der Waals surface area contributed by atoms with E-state index in [4.69, 9.17) is 5.73 Å². The lowest BCUT2D eigenvalue weighted by Gasteiger charge is -2.30. The van der Waals surface area contributed by atoms with Gasteiger partial charge in [-0.1, -0.05) is 0 Å². The second kappa shape index (κ2) is 6.37. The van der Waals surface area contributed by atoms with Gasteiger partial charge in [-0.3, -0.25) is 19.7 Å². The van der Waals surface area contributed by atoms with Gasteiger partial charge >= 0.3 is 0 Å². The van der Waals surface area contributed by atoms with Gasteiger partial charge in [0.05, 0.1) is 10.6 Å². The van der Waals surface area contributed by atoms with Gasteiger partial charge in [0.15, 0.2) is 0 Å². The second-order valence-corrected chi connectivity index (χ2v) is 6.31. The van der Waals surface area contributed by atoms with Crippen LogP contribution in [-0.4, -0.2) is 40.1 Å². The molecule has 3 heterocycles. The molecule has 0 spiro atoms. The minimum Gasteiger partial charge on any atom is -0.369 e. The first-order chi connectivity index (χ1) is 11.0. The average molecular weight is 333 g/mol. The number of carbonyl (C=O) groups excluding carboxylic acids is 3. The molecule has 2 aliphatic heterocycles. The molecule has 3 amide bonds. The van der Waals surface area contributed by atoms with Crippen molar-refractivity contribution in [2.45, 2.75) is 12.8 Å². The lowest BCUT2D eigenvalue weighted by molar-refractivity contribution is -0.122. The molecule has 3 N–H and O–H groups in total. The lowest BCUT2D eigenvalue weighted by atomic mass is 9.96. The van der Waals surface area contributed by atoms with Crippen molar-refractivity contribution in [3.63, 3.8) is 0 Å². The summed E-state index contributed by atoms with van der Waals surface area (Å²) in [7, 11) is 0. The molecule has 0 aliphatic carbocycles. The van der Waals surface area contributed by atoms with Crippen LogP contribution in [0.1, 0.15) is 18.5 Å². The van der Waals surface area contributed by atoms with Crippen molar-refractivity contribution in [2.75, 3.05) is 18.0 Å². The summed E-state index contributed by atoms with van der Waals surface area (Å²) in [5.41, 5.74) is 5.88. The molecule has 0 saturated carbocycles. The first-order valence-corrected chi connectivity index (χ1v) is 7.97. The SMILES string of the molecule is NC(=O)C1CCN(c2nccc(/C=C3/SC(=O)NC3=O)n2)CC1. The van der Waals surface area contributed by atoms with Gasteiger partial charge in [0, 0.05) is 25.2 Å². The minimum absolute atomic E-state index is 0.0962. The molecule has 0 aromatic carbocycles. The number of hydrogen-bond donors (Lipinski definition) is 2. The lowest BCUT2D eigenvalue weighted by Crippen LogP contribution is -2.39. The van der Waals surface area contributed by atoms with Gasteiger partial charge in [-0.05, 0) is 36.7 Å². The Kier molecular flexibility index (Phi) is 4.28. The van der Waals surface area contributed by atoms with E-state index in [1.807, 2.05) is 4.90 Å². The Labute approximate surface area is 136 Å². The van der Waals surface area contributed by atoms with E-state index in [0.717, 1.165) is 11.8 Å². The number of carbonyl (C=O) groups is 3. The number of nitrogens with two attached hydrogens (primary N) is 1. The number of anilines is 1. The third kappa shape index (κ3) is 3.50. The van der Waals surface area contributed by atoms with Gasteiger partial charge in [0.1, 0.15) is 0 Å². The monoisotopic (exact) mass is 333 g/mol.